The molecule has 0 fully saturated rings. The van der Waals surface area contributed by atoms with Gasteiger partial charge in [-0.25, -0.2) is 0 Å². The number of oxime groups is 1. The molecule has 1 atom stereocenters. The Balaban J connectivity index is 1.74. The SMILES string of the molecule is C=Cc1ccc(N=Nc2ccc(C(O)/C(=N/O)c3ccccc3)cc2)cc1. The Hall–Kier alpha value is -3.57. The van der Waals surface area contributed by atoms with Crippen LogP contribution in [0.2, 0.25) is 0 Å². The van der Waals surface area contributed by atoms with Gasteiger partial charge in [-0.1, -0.05) is 72.4 Å². The first kappa shape index (κ1) is 18.2. The molecule has 5 heteroatoms. The summed E-state index contributed by atoms with van der Waals surface area (Å²) in [5, 5.41) is 31.5. The van der Waals surface area contributed by atoms with Crippen LogP contribution in [0.1, 0.15) is 22.8 Å². The summed E-state index contributed by atoms with van der Waals surface area (Å²) < 4.78 is 0. The van der Waals surface area contributed by atoms with E-state index in [9.17, 15) is 10.3 Å². The number of aliphatic hydroxyl groups excluding tert-OH is 1. The fourth-order valence-electron chi connectivity index (χ4n) is 2.55. The van der Waals surface area contributed by atoms with Gasteiger partial charge < -0.3 is 10.3 Å². The molecule has 1 unspecified atom stereocenters. The first-order chi connectivity index (χ1) is 13.2. The van der Waals surface area contributed by atoms with E-state index in [1.54, 1.807) is 42.5 Å². The van der Waals surface area contributed by atoms with Gasteiger partial charge in [0.1, 0.15) is 11.8 Å². The van der Waals surface area contributed by atoms with Crippen molar-refractivity contribution < 1.29 is 10.3 Å². The standard InChI is InChI=1S/C22H19N3O2/c1-2-16-8-12-19(13-9-16)23-24-20-14-10-18(11-15-20)22(26)21(25-27)17-6-4-3-5-7-17/h2-15,22,26-27H,1H2/b24-23?,25-21+. The monoisotopic (exact) mass is 357 g/mol. The average Bonchev–Trinajstić information content (AvgIpc) is 2.74. The molecular weight excluding hydrogens is 338 g/mol. The Bertz CT molecular complexity index is 947. The number of benzene rings is 3. The van der Waals surface area contributed by atoms with Crippen molar-refractivity contribution in [1.29, 1.82) is 0 Å². The third-order valence-electron chi connectivity index (χ3n) is 4.05. The van der Waals surface area contributed by atoms with E-state index in [1.165, 1.54) is 0 Å². The molecule has 0 heterocycles. The third kappa shape index (κ3) is 4.54. The van der Waals surface area contributed by atoms with Gasteiger partial charge in [-0.05, 0) is 35.4 Å². The van der Waals surface area contributed by atoms with Gasteiger partial charge in [0.2, 0.25) is 0 Å². The number of nitrogens with zero attached hydrogens (tertiary/aromatic N) is 3. The largest absolute Gasteiger partial charge is 0.411 e. The molecule has 0 amide bonds. The Labute approximate surface area is 157 Å². The molecule has 0 saturated carbocycles. The third-order valence-corrected chi connectivity index (χ3v) is 4.05. The summed E-state index contributed by atoms with van der Waals surface area (Å²) in [6.45, 7) is 3.72. The molecule has 0 saturated heterocycles. The minimum atomic E-state index is -1.05. The van der Waals surface area contributed by atoms with Crippen LogP contribution in [0.5, 0.6) is 0 Å². The fourth-order valence-corrected chi connectivity index (χ4v) is 2.55. The van der Waals surface area contributed by atoms with Gasteiger partial charge in [0.25, 0.3) is 0 Å². The van der Waals surface area contributed by atoms with Crippen LogP contribution in [0.25, 0.3) is 6.08 Å². The second-order valence-electron chi connectivity index (χ2n) is 5.84. The van der Waals surface area contributed by atoms with Gasteiger partial charge in [-0.15, -0.1) is 0 Å². The molecule has 0 aromatic heterocycles. The zero-order valence-corrected chi connectivity index (χ0v) is 14.6. The van der Waals surface area contributed by atoms with Crippen molar-refractivity contribution >= 4 is 23.2 Å². The maximum absolute atomic E-state index is 10.5. The minimum absolute atomic E-state index is 0.187. The van der Waals surface area contributed by atoms with E-state index < -0.39 is 6.10 Å². The Morgan fingerprint density at radius 1 is 0.815 bits per heavy atom. The Kier molecular flexibility index (Phi) is 5.87. The second-order valence-corrected chi connectivity index (χ2v) is 5.84. The van der Waals surface area contributed by atoms with E-state index in [0.717, 1.165) is 11.3 Å². The maximum atomic E-state index is 10.5. The van der Waals surface area contributed by atoms with Gasteiger partial charge in [0.05, 0.1) is 11.4 Å². The molecule has 5 nitrogen and oxygen atoms in total. The quantitative estimate of drug-likeness (QED) is 0.258. The summed E-state index contributed by atoms with van der Waals surface area (Å²) >= 11 is 0. The first-order valence-corrected chi connectivity index (χ1v) is 8.41. The molecular formula is C22H19N3O2. The molecule has 27 heavy (non-hydrogen) atoms. The number of hydrogen-bond donors (Lipinski definition) is 2. The lowest BCUT2D eigenvalue weighted by molar-refractivity contribution is 0.235. The van der Waals surface area contributed by atoms with Crippen LogP contribution in [0, 0.1) is 0 Å². The zero-order chi connectivity index (χ0) is 19.1. The Morgan fingerprint density at radius 3 is 1.89 bits per heavy atom. The summed E-state index contributed by atoms with van der Waals surface area (Å²) in [4.78, 5) is 0. The molecule has 0 bridgehead atoms. The topological polar surface area (TPSA) is 77.5 Å². The second kappa shape index (κ2) is 8.69. The number of azo groups is 1. The summed E-state index contributed by atoms with van der Waals surface area (Å²) in [5.74, 6) is 0. The Morgan fingerprint density at radius 2 is 1.37 bits per heavy atom. The van der Waals surface area contributed by atoms with Crippen LogP contribution in [0.15, 0.2) is 101 Å². The summed E-state index contributed by atoms with van der Waals surface area (Å²) in [5.41, 5.74) is 3.85. The van der Waals surface area contributed by atoms with E-state index in [-0.39, 0.29) is 5.71 Å². The number of rotatable bonds is 6. The van der Waals surface area contributed by atoms with Crippen LogP contribution >= 0.6 is 0 Å². The predicted molar refractivity (Wildman–Crippen MR) is 107 cm³/mol. The van der Waals surface area contributed by atoms with Gasteiger partial charge in [0, 0.05) is 5.56 Å². The first-order valence-electron chi connectivity index (χ1n) is 8.41. The van der Waals surface area contributed by atoms with E-state index in [1.807, 2.05) is 42.5 Å². The summed E-state index contributed by atoms with van der Waals surface area (Å²) in [6.07, 6.45) is 0.722. The highest BCUT2D eigenvalue weighted by atomic mass is 16.4. The molecule has 0 aliphatic carbocycles. The lowest BCUT2D eigenvalue weighted by Gasteiger charge is -2.13. The molecule has 0 aliphatic rings. The van der Waals surface area contributed by atoms with Crippen molar-refractivity contribution in [2.75, 3.05) is 0 Å². The molecule has 0 spiro atoms. The molecule has 0 radical (unpaired) electrons. The van der Waals surface area contributed by atoms with Gasteiger partial charge in [-0.3, -0.25) is 0 Å². The van der Waals surface area contributed by atoms with Crippen LogP contribution in [-0.4, -0.2) is 16.0 Å². The highest BCUT2D eigenvalue weighted by molar-refractivity contribution is 6.03. The van der Waals surface area contributed by atoms with E-state index >= 15 is 0 Å². The lowest BCUT2D eigenvalue weighted by Crippen LogP contribution is -2.13. The zero-order valence-electron chi connectivity index (χ0n) is 14.6. The van der Waals surface area contributed by atoms with Crippen molar-refractivity contribution in [3.8, 4) is 0 Å². The molecule has 0 aliphatic heterocycles. The van der Waals surface area contributed by atoms with Crippen molar-refractivity contribution in [2.45, 2.75) is 6.10 Å². The number of hydrogen-bond acceptors (Lipinski definition) is 5. The minimum Gasteiger partial charge on any atom is -0.411 e. The number of aliphatic hydroxyl groups is 1. The highest BCUT2D eigenvalue weighted by Gasteiger charge is 2.17. The van der Waals surface area contributed by atoms with Crippen molar-refractivity contribution in [1.82, 2.24) is 0 Å². The molecule has 3 rings (SSSR count). The van der Waals surface area contributed by atoms with Crippen molar-refractivity contribution in [3.63, 3.8) is 0 Å². The normalized spacial score (nSPS) is 12.9. The highest BCUT2D eigenvalue weighted by Crippen LogP contribution is 2.24. The van der Waals surface area contributed by atoms with Crippen LogP contribution in [-0.2, 0) is 0 Å². The molecule has 134 valence electrons. The maximum Gasteiger partial charge on any atom is 0.125 e. The smallest absolute Gasteiger partial charge is 0.125 e. The molecule has 3 aromatic rings. The predicted octanol–water partition coefficient (Wildman–Crippen LogP) is 5.66. The van der Waals surface area contributed by atoms with Gasteiger partial charge >= 0.3 is 0 Å². The molecule has 3 aromatic carbocycles. The van der Waals surface area contributed by atoms with E-state index in [0.29, 0.717) is 16.8 Å². The van der Waals surface area contributed by atoms with Crippen LogP contribution in [0.3, 0.4) is 0 Å². The van der Waals surface area contributed by atoms with Crippen LogP contribution < -0.4 is 0 Å². The summed E-state index contributed by atoms with van der Waals surface area (Å²) in [7, 11) is 0. The van der Waals surface area contributed by atoms with Crippen molar-refractivity contribution in [3.05, 3.63) is 102 Å². The molecule has 2 N–H and O–H groups in total. The lowest BCUT2D eigenvalue weighted by atomic mass is 9.99. The summed E-state index contributed by atoms with van der Waals surface area (Å²) in [6, 6.07) is 23.6. The van der Waals surface area contributed by atoms with Crippen LogP contribution in [0.4, 0.5) is 11.4 Å². The average molecular weight is 357 g/mol. The fraction of sp³-hybridized carbons (Fsp3) is 0.0455. The van der Waals surface area contributed by atoms with Gasteiger partial charge in [-0.2, -0.15) is 10.2 Å². The van der Waals surface area contributed by atoms with E-state index in [2.05, 4.69) is 22.0 Å². The van der Waals surface area contributed by atoms with Crippen molar-refractivity contribution in [2.24, 2.45) is 15.4 Å². The van der Waals surface area contributed by atoms with E-state index in [4.69, 9.17) is 0 Å². The van der Waals surface area contributed by atoms with Gasteiger partial charge in [0.15, 0.2) is 0 Å².